The van der Waals surface area contributed by atoms with Gasteiger partial charge in [-0.3, -0.25) is 0 Å². The van der Waals surface area contributed by atoms with Gasteiger partial charge in [-0.1, -0.05) is 70.2 Å². The molecule has 0 atom stereocenters. The molecular weight excluding hydrogens is 204 g/mol. The van der Waals surface area contributed by atoms with Crippen LogP contribution in [0.15, 0.2) is 31.4 Å². The van der Waals surface area contributed by atoms with E-state index in [0.29, 0.717) is 0 Å². The van der Waals surface area contributed by atoms with E-state index < -0.39 is 0 Å². The third-order valence-corrected chi connectivity index (χ3v) is 3.38. The maximum Gasteiger partial charge on any atom is -0.0162 e. The summed E-state index contributed by atoms with van der Waals surface area (Å²) in [5, 5.41) is 0. The zero-order chi connectivity index (χ0) is 12.7. The van der Waals surface area contributed by atoms with E-state index in [0.717, 1.165) is 5.92 Å². The molecule has 0 radical (unpaired) electrons. The maximum absolute atomic E-state index is 3.86. The van der Waals surface area contributed by atoms with Gasteiger partial charge >= 0.3 is 0 Å². The molecular formula is C17H24. The highest BCUT2D eigenvalue weighted by Crippen LogP contribution is 2.35. The first-order valence-corrected chi connectivity index (χ1v) is 6.74. The van der Waals surface area contributed by atoms with Crippen LogP contribution in [0.1, 0.15) is 62.1 Å². The van der Waals surface area contributed by atoms with Gasteiger partial charge < -0.3 is 0 Å². The van der Waals surface area contributed by atoms with Crippen LogP contribution in [0.3, 0.4) is 0 Å². The molecule has 2 rings (SSSR count). The molecule has 1 aromatic carbocycles. The molecule has 1 fully saturated rings. The van der Waals surface area contributed by atoms with E-state index >= 15 is 0 Å². The van der Waals surface area contributed by atoms with Crippen molar-refractivity contribution in [2.24, 2.45) is 0 Å². The van der Waals surface area contributed by atoms with Gasteiger partial charge in [0.05, 0.1) is 0 Å². The molecule has 0 N–H and O–H groups in total. The van der Waals surface area contributed by atoms with Crippen LogP contribution in [0.5, 0.6) is 0 Å². The fourth-order valence-corrected chi connectivity index (χ4v) is 2.47. The van der Waals surface area contributed by atoms with Crippen LogP contribution in [0.4, 0.5) is 0 Å². The second-order valence-electron chi connectivity index (χ2n) is 4.28. The molecule has 0 amide bonds. The van der Waals surface area contributed by atoms with Crippen molar-refractivity contribution in [3.8, 4) is 0 Å². The van der Waals surface area contributed by atoms with Crippen LogP contribution >= 0.6 is 0 Å². The topological polar surface area (TPSA) is 0 Å². The average Bonchev–Trinajstić information content (AvgIpc) is 2.94. The van der Waals surface area contributed by atoms with Crippen LogP contribution in [0.25, 0.3) is 12.2 Å². The highest BCUT2D eigenvalue weighted by Gasteiger charge is 2.17. The van der Waals surface area contributed by atoms with Crippen LogP contribution in [0.2, 0.25) is 0 Å². The van der Waals surface area contributed by atoms with Gasteiger partial charge in [0.25, 0.3) is 0 Å². The summed E-state index contributed by atoms with van der Waals surface area (Å²) in [6.45, 7) is 11.7. The van der Waals surface area contributed by atoms with Gasteiger partial charge in [0.1, 0.15) is 0 Å². The Morgan fingerprint density at radius 2 is 1.59 bits per heavy atom. The standard InChI is InChI=1S/C15H18.C2H6/c1-3-12-9-10-15(11-13(12)4-2)14-7-5-6-8-14;1-2/h3-4,9-11,14H,1-2,5-8H2;1-2H3. The van der Waals surface area contributed by atoms with Crippen LogP contribution in [-0.4, -0.2) is 0 Å². The Hall–Kier alpha value is -1.30. The smallest absolute Gasteiger partial charge is 0.0162 e. The van der Waals surface area contributed by atoms with Gasteiger partial charge in [-0.15, -0.1) is 0 Å². The van der Waals surface area contributed by atoms with E-state index in [1.807, 2.05) is 26.0 Å². The predicted octanol–water partition coefficient (Wildman–Crippen LogP) is 5.66. The van der Waals surface area contributed by atoms with Crippen molar-refractivity contribution in [2.45, 2.75) is 45.4 Å². The molecule has 0 unspecified atom stereocenters. The molecule has 1 aliphatic rings. The zero-order valence-corrected chi connectivity index (χ0v) is 11.2. The lowest BCUT2D eigenvalue weighted by atomic mass is 9.94. The monoisotopic (exact) mass is 228 g/mol. The molecule has 0 bridgehead atoms. The van der Waals surface area contributed by atoms with Gasteiger partial charge in [-0.2, -0.15) is 0 Å². The Bertz CT molecular complexity index is 368. The third kappa shape index (κ3) is 3.33. The second kappa shape index (κ2) is 7.11. The minimum absolute atomic E-state index is 0.780. The summed E-state index contributed by atoms with van der Waals surface area (Å²) in [6, 6.07) is 6.69. The number of hydrogen-bond donors (Lipinski definition) is 0. The maximum atomic E-state index is 3.86. The number of hydrogen-bond acceptors (Lipinski definition) is 0. The summed E-state index contributed by atoms with van der Waals surface area (Å²) in [7, 11) is 0. The quantitative estimate of drug-likeness (QED) is 0.626. The van der Waals surface area contributed by atoms with Crippen LogP contribution in [0, 0.1) is 0 Å². The van der Waals surface area contributed by atoms with Crippen molar-refractivity contribution in [1.82, 2.24) is 0 Å². The first-order valence-electron chi connectivity index (χ1n) is 6.74. The van der Waals surface area contributed by atoms with Crippen molar-refractivity contribution in [3.63, 3.8) is 0 Å². The Morgan fingerprint density at radius 3 is 2.12 bits per heavy atom. The molecule has 1 aromatic rings. The fraction of sp³-hybridized carbons (Fsp3) is 0.412. The van der Waals surface area contributed by atoms with Crippen molar-refractivity contribution < 1.29 is 0 Å². The number of rotatable bonds is 3. The molecule has 0 heteroatoms. The van der Waals surface area contributed by atoms with Crippen molar-refractivity contribution in [1.29, 1.82) is 0 Å². The van der Waals surface area contributed by atoms with Crippen molar-refractivity contribution in [3.05, 3.63) is 48.0 Å². The molecule has 0 saturated heterocycles. The van der Waals surface area contributed by atoms with Crippen LogP contribution < -0.4 is 0 Å². The Labute approximate surface area is 106 Å². The molecule has 0 spiro atoms. The number of benzene rings is 1. The SMILES string of the molecule is C=Cc1ccc(C2CCCC2)cc1C=C.CC. The second-order valence-corrected chi connectivity index (χ2v) is 4.28. The van der Waals surface area contributed by atoms with E-state index in [1.165, 1.54) is 42.4 Å². The van der Waals surface area contributed by atoms with Gasteiger partial charge in [0.2, 0.25) is 0 Å². The molecule has 0 aromatic heterocycles. The molecule has 1 saturated carbocycles. The molecule has 0 aliphatic heterocycles. The summed E-state index contributed by atoms with van der Waals surface area (Å²) in [5.74, 6) is 0.780. The van der Waals surface area contributed by atoms with E-state index in [-0.39, 0.29) is 0 Å². The third-order valence-electron chi connectivity index (χ3n) is 3.38. The Kier molecular flexibility index (Phi) is 5.76. The zero-order valence-electron chi connectivity index (χ0n) is 11.2. The minimum atomic E-state index is 0.780. The van der Waals surface area contributed by atoms with E-state index in [4.69, 9.17) is 0 Å². The Balaban J connectivity index is 0.000000686. The normalized spacial score (nSPS) is 14.9. The van der Waals surface area contributed by atoms with Gasteiger partial charge in [-0.25, -0.2) is 0 Å². The predicted molar refractivity (Wildman–Crippen MR) is 79.2 cm³/mol. The molecule has 1 aliphatic carbocycles. The van der Waals surface area contributed by atoms with Gasteiger partial charge in [-0.05, 0) is 35.4 Å². The van der Waals surface area contributed by atoms with Crippen molar-refractivity contribution in [2.75, 3.05) is 0 Å². The summed E-state index contributed by atoms with van der Waals surface area (Å²) in [5.41, 5.74) is 3.88. The summed E-state index contributed by atoms with van der Waals surface area (Å²) >= 11 is 0. The first kappa shape index (κ1) is 13.8. The highest BCUT2D eigenvalue weighted by atomic mass is 14.2. The fourth-order valence-electron chi connectivity index (χ4n) is 2.47. The molecule has 0 nitrogen and oxygen atoms in total. The van der Waals surface area contributed by atoms with Gasteiger partial charge in [0, 0.05) is 0 Å². The Morgan fingerprint density at radius 1 is 1.00 bits per heavy atom. The molecule has 92 valence electrons. The largest absolute Gasteiger partial charge is 0.0984 e. The van der Waals surface area contributed by atoms with Crippen molar-refractivity contribution >= 4 is 12.2 Å². The lowest BCUT2D eigenvalue weighted by Crippen LogP contribution is -1.93. The molecule has 0 heterocycles. The van der Waals surface area contributed by atoms with E-state index in [9.17, 15) is 0 Å². The van der Waals surface area contributed by atoms with Gasteiger partial charge in [0.15, 0.2) is 0 Å². The summed E-state index contributed by atoms with van der Waals surface area (Å²) in [4.78, 5) is 0. The lowest BCUT2D eigenvalue weighted by Gasteiger charge is -2.11. The van der Waals surface area contributed by atoms with Crippen LogP contribution in [-0.2, 0) is 0 Å². The molecule has 17 heavy (non-hydrogen) atoms. The summed E-state index contributed by atoms with van der Waals surface area (Å²) < 4.78 is 0. The first-order chi connectivity index (χ1) is 8.35. The lowest BCUT2D eigenvalue weighted by molar-refractivity contribution is 0.723. The highest BCUT2D eigenvalue weighted by molar-refractivity contribution is 5.64. The van der Waals surface area contributed by atoms with E-state index in [2.05, 4.69) is 31.4 Å². The van der Waals surface area contributed by atoms with E-state index in [1.54, 1.807) is 0 Å². The summed E-state index contributed by atoms with van der Waals surface area (Å²) in [6.07, 6.45) is 9.30. The average molecular weight is 228 g/mol. The minimum Gasteiger partial charge on any atom is -0.0984 e.